The fraction of sp³-hybridized carbons (Fsp3) is 0.385. The highest BCUT2D eigenvalue weighted by Gasteiger charge is 2.03. The van der Waals surface area contributed by atoms with Crippen LogP contribution in [-0.4, -0.2) is 29.3 Å². The van der Waals surface area contributed by atoms with Crippen LogP contribution < -0.4 is 5.32 Å². The van der Waals surface area contributed by atoms with Gasteiger partial charge in [0.05, 0.1) is 5.75 Å². The molecule has 0 saturated heterocycles. The van der Waals surface area contributed by atoms with E-state index in [4.69, 9.17) is 16.7 Å². The first-order chi connectivity index (χ1) is 9.08. The SMILES string of the molecule is O=C(O)CCCNC(=O)CSCc1cccc(Cl)c1. The molecule has 0 spiro atoms. The predicted molar refractivity (Wildman–Crippen MR) is 77.5 cm³/mol. The van der Waals surface area contributed by atoms with Crippen LogP contribution in [0.5, 0.6) is 0 Å². The molecule has 0 unspecified atom stereocenters. The van der Waals surface area contributed by atoms with Crippen molar-refractivity contribution in [1.29, 1.82) is 0 Å². The minimum atomic E-state index is -0.843. The van der Waals surface area contributed by atoms with E-state index in [2.05, 4.69) is 5.32 Å². The van der Waals surface area contributed by atoms with E-state index in [1.54, 1.807) is 0 Å². The Labute approximate surface area is 121 Å². The number of nitrogens with one attached hydrogen (secondary N) is 1. The van der Waals surface area contributed by atoms with Gasteiger partial charge in [0.1, 0.15) is 0 Å². The first-order valence-electron chi connectivity index (χ1n) is 5.88. The molecule has 0 atom stereocenters. The Hall–Kier alpha value is -1.20. The lowest BCUT2D eigenvalue weighted by Crippen LogP contribution is -2.26. The third-order valence-electron chi connectivity index (χ3n) is 2.28. The van der Waals surface area contributed by atoms with E-state index in [1.807, 2.05) is 24.3 Å². The molecule has 0 aromatic heterocycles. The molecule has 1 amide bonds. The van der Waals surface area contributed by atoms with Gasteiger partial charge in [0.2, 0.25) is 5.91 Å². The summed E-state index contributed by atoms with van der Waals surface area (Å²) in [7, 11) is 0. The number of rotatable bonds is 8. The van der Waals surface area contributed by atoms with E-state index < -0.39 is 5.97 Å². The largest absolute Gasteiger partial charge is 0.481 e. The van der Waals surface area contributed by atoms with E-state index in [1.165, 1.54) is 11.8 Å². The summed E-state index contributed by atoms with van der Waals surface area (Å²) in [5.74, 6) is 0.171. The van der Waals surface area contributed by atoms with Crippen molar-refractivity contribution >= 4 is 35.2 Å². The van der Waals surface area contributed by atoms with Gasteiger partial charge in [0, 0.05) is 23.7 Å². The summed E-state index contributed by atoms with van der Waals surface area (Å²) in [6.07, 6.45) is 0.538. The maximum Gasteiger partial charge on any atom is 0.303 e. The molecule has 104 valence electrons. The van der Waals surface area contributed by atoms with E-state index in [0.29, 0.717) is 23.7 Å². The first-order valence-corrected chi connectivity index (χ1v) is 7.42. The second-order valence-corrected chi connectivity index (χ2v) is 5.39. The molecule has 0 fully saturated rings. The number of benzene rings is 1. The number of carboxylic acids is 1. The van der Waals surface area contributed by atoms with Gasteiger partial charge < -0.3 is 10.4 Å². The van der Waals surface area contributed by atoms with Gasteiger partial charge in [0.15, 0.2) is 0 Å². The molecule has 6 heteroatoms. The molecule has 1 aromatic rings. The van der Waals surface area contributed by atoms with Gasteiger partial charge in [-0.15, -0.1) is 11.8 Å². The Kier molecular flexibility index (Phi) is 7.36. The van der Waals surface area contributed by atoms with Crippen LogP contribution in [0.1, 0.15) is 18.4 Å². The summed E-state index contributed by atoms with van der Waals surface area (Å²) < 4.78 is 0. The van der Waals surface area contributed by atoms with E-state index in [-0.39, 0.29) is 12.3 Å². The van der Waals surface area contributed by atoms with E-state index in [9.17, 15) is 9.59 Å². The van der Waals surface area contributed by atoms with Crippen molar-refractivity contribution in [2.24, 2.45) is 0 Å². The van der Waals surface area contributed by atoms with Crippen LogP contribution in [-0.2, 0) is 15.3 Å². The minimum absolute atomic E-state index is 0.0718. The summed E-state index contributed by atoms with van der Waals surface area (Å²) in [5, 5.41) is 11.8. The van der Waals surface area contributed by atoms with Gasteiger partial charge in [-0.3, -0.25) is 9.59 Å². The van der Waals surface area contributed by atoms with Crippen LogP contribution in [0.15, 0.2) is 24.3 Å². The van der Waals surface area contributed by atoms with E-state index in [0.717, 1.165) is 11.3 Å². The molecule has 0 aliphatic carbocycles. The summed E-state index contributed by atoms with van der Waals surface area (Å²) >= 11 is 7.36. The Morgan fingerprint density at radius 3 is 2.84 bits per heavy atom. The normalized spacial score (nSPS) is 10.2. The summed E-state index contributed by atoms with van der Waals surface area (Å²) in [6, 6.07) is 7.53. The Morgan fingerprint density at radius 2 is 2.16 bits per heavy atom. The van der Waals surface area contributed by atoms with Gasteiger partial charge >= 0.3 is 5.97 Å². The van der Waals surface area contributed by atoms with Gasteiger partial charge in [-0.2, -0.15) is 0 Å². The average Bonchev–Trinajstić information content (AvgIpc) is 2.34. The molecule has 1 aromatic carbocycles. The van der Waals surface area contributed by atoms with Crippen molar-refractivity contribution in [1.82, 2.24) is 5.32 Å². The summed E-state index contributed by atoms with van der Waals surface area (Å²) in [6.45, 7) is 0.406. The van der Waals surface area contributed by atoms with Crippen molar-refractivity contribution in [2.45, 2.75) is 18.6 Å². The second-order valence-electron chi connectivity index (χ2n) is 3.97. The third kappa shape index (κ3) is 7.74. The van der Waals surface area contributed by atoms with Gasteiger partial charge in [-0.1, -0.05) is 23.7 Å². The van der Waals surface area contributed by atoms with E-state index >= 15 is 0 Å². The van der Waals surface area contributed by atoms with Crippen LogP contribution in [0.2, 0.25) is 5.02 Å². The average molecular weight is 302 g/mol. The van der Waals surface area contributed by atoms with Crippen molar-refractivity contribution in [3.8, 4) is 0 Å². The lowest BCUT2D eigenvalue weighted by molar-refractivity contribution is -0.137. The van der Waals surface area contributed by atoms with Crippen LogP contribution in [0.25, 0.3) is 0 Å². The number of carboxylic acid groups (broad SMARTS) is 1. The Balaban J connectivity index is 2.12. The molecular weight excluding hydrogens is 286 g/mol. The molecule has 0 saturated carbocycles. The lowest BCUT2D eigenvalue weighted by Gasteiger charge is -2.04. The molecule has 1 rings (SSSR count). The molecule has 0 aliphatic rings. The van der Waals surface area contributed by atoms with Gasteiger partial charge in [-0.25, -0.2) is 0 Å². The number of halogens is 1. The molecule has 0 bridgehead atoms. The predicted octanol–water partition coefficient (Wildman–Crippen LogP) is 2.55. The van der Waals surface area contributed by atoms with Crippen LogP contribution in [0, 0.1) is 0 Å². The number of carbonyl (C=O) groups excluding carboxylic acids is 1. The maximum atomic E-state index is 11.4. The zero-order chi connectivity index (χ0) is 14.1. The fourth-order valence-electron chi connectivity index (χ4n) is 1.41. The maximum absolute atomic E-state index is 11.4. The number of thioether (sulfide) groups is 1. The number of amides is 1. The number of hydrogen-bond acceptors (Lipinski definition) is 3. The second kappa shape index (κ2) is 8.82. The van der Waals surface area contributed by atoms with Crippen molar-refractivity contribution in [3.05, 3.63) is 34.9 Å². The van der Waals surface area contributed by atoms with Crippen molar-refractivity contribution in [3.63, 3.8) is 0 Å². The quantitative estimate of drug-likeness (QED) is 0.724. The standard InChI is InChI=1S/C13H16ClNO3S/c14-11-4-1-3-10(7-11)8-19-9-12(16)15-6-2-5-13(17)18/h1,3-4,7H,2,5-6,8-9H2,(H,15,16)(H,17,18). The van der Waals surface area contributed by atoms with Gasteiger partial charge in [-0.05, 0) is 24.1 Å². The molecular formula is C13H16ClNO3S. The molecule has 2 N–H and O–H groups in total. The Bertz CT molecular complexity index is 440. The molecule has 0 radical (unpaired) electrons. The highest BCUT2D eigenvalue weighted by Crippen LogP contribution is 2.16. The molecule has 19 heavy (non-hydrogen) atoms. The highest BCUT2D eigenvalue weighted by molar-refractivity contribution is 7.99. The zero-order valence-corrected chi connectivity index (χ0v) is 12.0. The zero-order valence-electron chi connectivity index (χ0n) is 10.4. The molecule has 0 aliphatic heterocycles. The number of hydrogen-bond donors (Lipinski definition) is 2. The molecule has 0 heterocycles. The van der Waals surface area contributed by atoms with Crippen LogP contribution in [0.4, 0.5) is 0 Å². The highest BCUT2D eigenvalue weighted by atomic mass is 35.5. The topological polar surface area (TPSA) is 66.4 Å². The number of carbonyl (C=O) groups is 2. The number of aliphatic carboxylic acids is 1. The Morgan fingerprint density at radius 1 is 1.37 bits per heavy atom. The smallest absolute Gasteiger partial charge is 0.303 e. The lowest BCUT2D eigenvalue weighted by atomic mass is 10.2. The summed E-state index contributed by atoms with van der Waals surface area (Å²) in [5.41, 5.74) is 1.08. The van der Waals surface area contributed by atoms with Gasteiger partial charge in [0.25, 0.3) is 0 Å². The minimum Gasteiger partial charge on any atom is -0.481 e. The third-order valence-corrected chi connectivity index (χ3v) is 3.52. The monoisotopic (exact) mass is 301 g/mol. The fourth-order valence-corrected chi connectivity index (χ4v) is 2.42. The molecule has 4 nitrogen and oxygen atoms in total. The van der Waals surface area contributed by atoms with Crippen molar-refractivity contribution in [2.75, 3.05) is 12.3 Å². The first kappa shape index (κ1) is 15.9. The van der Waals surface area contributed by atoms with Crippen LogP contribution in [0.3, 0.4) is 0 Å². The summed E-state index contributed by atoms with van der Waals surface area (Å²) in [4.78, 5) is 21.7. The van der Waals surface area contributed by atoms with Crippen molar-refractivity contribution < 1.29 is 14.7 Å². The van der Waals surface area contributed by atoms with Crippen LogP contribution >= 0.6 is 23.4 Å².